The van der Waals surface area contributed by atoms with Gasteiger partial charge in [-0.1, -0.05) is 35.5 Å². The van der Waals surface area contributed by atoms with Gasteiger partial charge in [0.1, 0.15) is 6.04 Å². The number of aromatic nitrogens is 2. The van der Waals surface area contributed by atoms with Crippen molar-refractivity contribution in [3.05, 3.63) is 47.6 Å². The van der Waals surface area contributed by atoms with E-state index in [-0.39, 0.29) is 11.9 Å². The first-order valence-corrected chi connectivity index (χ1v) is 6.87. The number of carbonyl (C=O) groups is 1. The van der Waals surface area contributed by atoms with Crippen LogP contribution in [0.25, 0.3) is 0 Å². The summed E-state index contributed by atoms with van der Waals surface area (Å²) in [6, 6.07) is 9.73. The van der Waals surface area contributed by atoms with E-state index in [1.165, 1.54) is 0 Å². The van der Waals surface area contributed by atoms with Crippen LogP contribution in [-0.2, 0) is 11.2 Å². The first-order valence-electron chi connectivity index (χ1n) is 6.87. The first-order chi connectivity index (χ1) is 9.74. The van der Waals surface area contributed by atoms with Crippen molar-refractivity contribution in [1.29, 1.82) is 0 Å². The quantitative estimate of drug-likeness (QED) is 0.859. The minimum absolute atomic E-state index is 0.0626. The Morgan fingerprint density at radius 3 is 2.90 bits per heavy atom. The fourth-order valence-corrected chi connectivity index (χ4v) is 2.64. The lowest BCUT2D eigenvalue weighted by atomic mass is 10.1. The summed E-state index contributed by atoms with van der Waals surface area (Å²) in [6.45, 7) is 2.55. The smallest absolute Gasteiger partial charge is 0.249 e. The summed E-state index contributed by atoms with van der Waals surface area (Å²) in [7, 11) is 0. The number of rotatable bonds is 3. The fraction of sp³-hybridized carbons (Fsp3) is 0.400. The van der Waals surface area contributed by atoms with Crippen molar-refractivity contribution >= 4 is 5.91 Å². The fourth-order valence-electron chi connectivity index (χ4n) is 2.64. The summed E-state index contributed by atoms with van der Waals surface area (Å²) < 4.78 is 5.22. The van der Waals surface area contributed by atoms with Crippen LogP contribution in [0.4, 0.5) is 0 Å². The highest BCUT2D eigenvalue weighted by Gasteiger charge is 2.33. The highest BCUT2D eigenvalue weighted by Crippen LogP contribution is 2.31. The number of hydrogen-bond donors (Lipinski definition) is 0. The Labute approximate surface area is 117 Å². The van der Waals surface area contributed by atoms with Gasteiger partial charge in [-0.05, 0) is 25.3 Å². The van der Waals surface area contributed by atoms with Crippen molar-refractivity contribution in [3.8, 4) is 0 Å². The van der Waals surface area contributed by atoms with Crippen LogP contribution in [0.15, 0.2) is 34.9 Å². The lowest BCUT2D eigenvalue weighted by Crippen LogP contribution is -2.32. The van der Waals surface area contributed by atoms with Crippen LogP contribution in [0.5, 0.6) is 0 Å². The Balaban J connectivity index is 1.73. The normalized spacial score (nSPS) is 18.4. The minimum atomic E-state index is -0.0626. The topological polar surface area (TPSA) is 59.2 Å². The van der Waals surface area contributed by atoms with Gasteiger partial charge in [0.05, 0.1) is 6.42 Å². The van der Waals surface area contributed by atoms with Crippen LogP contribution in [0.2, 0.25) is 0 Å². The van der Waals surface area contributed by atoms with Crippen molar-refractivity contribution in [2.24, 2.45) is 0 Å². The minimum Gasteiger partial charge on any atom is -0.337 e. The third-order valence-corrected chi connectivity index (χ3v) is 3.60. The summed E-state index contributed by atoms with van der Waals surface area (Å²) >= 11 is 0. The number of benzene rings is 1. The molecule has 0 unspecified atom stereocenters. The predicted molar refractivity (Wildman–Crippen MR) is 72.9 cm³/mol. The molecule has 20 heavy (non-hydrogen) atoms. The second-order valence-electron chi connectivity index (χ2n) is 5.09. The van der Waals surface area contributed by atoms with E-state index in [9.17, 15) is 4.79 Å². The molecule has 5 heteroatoms. The first kappa shape index (κ1) is 12.8. The summed E-state index contributed by atoms with van der Waals surface area (Å²) in [4.78, 5) is 18.6. The molecule has 2 aromatic rings. The molecule has 1 amide bonds. The molecule has 1 aromatic carbocycles. The van der Waals surface area contributed by atoms with Gasteiger partial charge >= 0.3 is 0 Å². The number of amides is 1. The summed E-state index contributed by atoms with van der Waals surface area (Å²) in [5.41, 5.74) is 1.03. The number of nitrogens with zero attached hydrogens (tertiary/aromatic N) is 3. The molecule has 2 heterocycles. The molecule has 0 saturated carbocycles. The van der Waals surface area contributed by atoms with Gasteiger partial charge in [0.25, 0.3) is 0 Å². The van der Waals surface area contributed by atoms with Crippen LogP contribution in [0, 0.1) is 6.92 Å². The lowest BCUT2D eigenvalue weighted by Gasteiger charge is -2.21. The Morgan fingerprint density at radius 1 is 1.40 bits per heavy atom. The lowest BCUT2D eigenvalue weighted by molar-refractivity contribution is -0.131. The second kappa shape index (κ2) is 5.45. The molecule has 1 aromatic heterocycles. The van der Waals surface area contributed by atoms with Gasteiger partial charge in [-0.15, -0.1) is 0 Å². The summed E-state index contributed by atoms with van der Waals surface area (Å²) in [6.07, 6.45) is 2.29. The third-order valence-electron chi connectivity index (χ3n) is 3.60. The summed E-state index contributed by atoms with van der Waals surface area (Å²) in [5.74, 6) is 1.29. The van der Waals surface area contributed by atoms with E-state index in [1.54, 1.807) is 6.92 Å². The van der Waals surface area contributed by atoms with Gasteiger partial charge in [0.15, 0.2) is 5.82 Å². The molecule has 1 fully saturated rings. The zero-order chi connectivity index (χ0) is 13.9. The van der Waals surface area contributed by atoms with Gasteiger partial charge in [0.2, 0.25) is 11.8 Å². The number of hydrogen-bond acceptors (Lipinski definition) is 4. The molecule has 0 radical (unpaired) electrons. The highest BCUT2D eigenvalue weighted by atomic mass is 16.5. The molecular weight excluding hydrogens is 254 g/mol. The molecule has 3 rings (SSSR count). The van der Waals surface area contributed by atoms with Gasteiger partial charge in [-0.3, -0.25) is 4.79 Å². The van der Waals surface area contributed by atoms with E-state index >= 15 is 0 Å². The number of likely N-dealkylation sites (tertiary alicyclic amines) is 1. The molecule has 0 N–H and O–H groups in total. The average Bonchev–Trinajstić information content (AvgIpc) is 3.08. The zero-order valence-electron chi connectivity index (χ0n) is 11.5. The van der Waals surface area contributed by atoms with E-state index in [0.717, 1.165) is 24.9 Å². The zero-order valence-corrected chi connectivity index (χ0v) is 11.5. The van der Waals surface area contributed by atoms with Gasteiger partial charge in [0, 0.05) is 6.54 Å². The maximum atomic E-state index is 12.4. The highest BCUT2D eigenvalue weighted by molar-refractivity contribution is 5.79. The molecule has 1 atom stereocenters. The molecular formula is C15H17N3O2. The largest absolute Gasteiger partial charge is 0.337 e. The number of aryl methyl sites for hydroxylation is 1. The molecule has 0 bridgehead atoms. The van der Waals surface area contributed by atoms with Gasteiger partial charge in [-0.2, -0.15) is 4.98 Å². The average molecular weight is 271 g/mol. The van der Waals surface area contributed by atoms with E-state index in [4.69, 9.17) is 4.52 Å². The Bertz CT molecular complexity index is 594. The molecule has 104 valence electrons. The predicted octanol–water partition coefficient (Wildman–Crippen LogP) is 2.28. The van der Waals surface area contributed by atoms with Crippen LogP contribution in [0.3, 0.4) is 0 Å². The SMILES string of the molecule is Cc1noc([C@@H]2CCCN2C(=O)Cc2ccccc2)n1. The van der Waals surface area contributed by atoms with Crippen molar-refractivity contribution in [2.45, 2.75) is 32.2 Å². The molecule has 5 nitrogen and oxygen atoms in total. The third kappa shape index (κ3) is 2.57. The maximum Gasteiger partial charge on any atom is 0.249 e. The van der Waals surface area contributed by atoms with Crippen LogP contribution in [0.1, 0.15) is 36.2 Å². The Morgan fingerprint density at radius 2 is 2.20 bits per heavy atom. The standard InChI is InChI=1S/C15H17N3O2/c1-11-16-15(20-17-11)13-8-5-9-18(13)14(19)10-12-6-3-2-4-7-12/h2-4,6-7,13H,5,8-10H2,1H3/t13-/m0/s1. The number of carbonyl (C=O) groups excluding carboxylic acids is 1. The van der Waals surface area contributed by atoms with Gasteiger partial charge in [-0.25, -0.2) is 0 Å². The van der Waals surface area contributed by atoms with Crippen molar-refractivity contribution < 1.29 is 9.32 Å². The van der Waals surface area contributed by atoms with E-state index in [0.29, 0.717) is 18.1 Å². The molecule has 0 spiro atoms. The van der Waals surface area contributed by atoms with Crippen molar-refractivity contribution in [3.63, 3.8) is 0 Å². The second-order valence-corrected chi connectivity index (χ2v) is 5.09. The van der Waals surface area contributed by atoms with Crippen molar-refractivity contribution in [2.75, 3.05) is 6.54 Å². The van der Waals surface area contributed by atoms with Crippen LogP contribution < -0.4 is 0 Å². The Kier molecular flexibility index (Phi) is 3.50. The molecule has 1 saturated heterocycles. The molecule has 1 aliphatic heterocycles. The van der Waals surface area contributed by atoms with Crippen LogP contribution >= 0.6 is 0 Å². The molecule has 0 aliphatic carbocycles. The van der Waals surface area contributed by atoms with Crippen molar-refractivity contribution in [1.82, 2.24) is 15.0 Å². The van der Waals surface area contributed by atoms with E-state index < -0.39 is 0 Å². The monoisotopic (exact) mass is 271 g/mol. The maximum absolute atomic E-state index is 12.4. The molecule has 1 aliphatic rings. The Hall–Kier alpha value is -2.17. The van der Waals surface area contributed by atoms with Gasteiger partial charge < -0.3 is 9.42 Å². The summed E-state index contributed by atoms with van der Waals surface area (Å²) in [5, 5.41) is 3.81. The van der Waals surface area contributed by atoms with E-state index in [1.807, 2.05) is 35.2 Å². The van der Waals surface area contributed by atoms with E-state index in [2.05, 4.69) is 10.1 Å². The van der Waals surface area contributed by atoms with Crippen LogP contribution in [-0.4, -0.2) is 27.5 Å².